The van der Waals surface area contributed by atoms with Gasteiger partial charge in [0.2, 0.25) is 21.8 Å². The highest BCUT2D eigenvalue weighted by molar-refractivity contribution is 7.92. The first-order valence-corrected chi connectivity index (χ1v) is 12.4. The lowest BCUT2D eigenvalue weighted by molar-refractivity contribution is -0.141. The van der Waals surface area contributed by atoms with Gasteiger partial charge in [0, 0.05) is 17.6 Å². The number of nitrogens with two attached hydrogens (primary N) is 1. The average molecular weight is 529 g/mol. The Morgan fingerprint density at radius 2 is 1.97 bits per heavy atom. The summed E-state index contributed by atoms with van der Waals surface area (Å²) in [5.74, 6) is -2.17. The predicted octanol–water partition coefficient (Wildman–Crippen LogP) is 4.02. The van der Waals surface area contributed by atoms with Gasteiger partial charge in [-0.3, -0.25) is 9.52 Å². The summed E-state index contributed by atoms with van der Waals surface area (Å²) >= 11 is 0. The van der Waals surface area contributed by atoms with Crippen LogP contribution < -0.4 is 15.2 Å². The number of rotatable bonds is 10. The highest BCUT2D eigenvalue weighted by atomic mass is 32.2. The van der Waals surface area contributed by atoms with E-state index in [0.717, 1.165) is 24.5 Å². The zero-order valence-electron chi connectivity index (χ0n) is 19.6. The molecule has 1 heterocycles. The number of ether oxygens (including phenoxy) is 1. The normalized spacial score (nSPS) is 12.4. The van der Waals surface area contributed by atoms with E-state index < -0.39 is 39.3 Å². The molecule has 0 fully saturated rings. The maximum Gasteiger partial charge on any atom is 0.433 e. The zero-order chi connectivity index (χ0) is 27.3. The van der Waals surface area contributed by atoms with Crippen molar-refractivity contribution in [2.75, 3.05) is 17.6 Å². The Balaban J connectivity index is 2.51. The van der Waals surface area contributed by atoms with Crippen molar-refractivity contribution >= 4 is 27.7 Å². The molecular formula is C23H24F4N4O4S. The topological polar surface area (TPSA) is 135 Å². The number of anilines is 1. The fourth-order valence-electron chi connectivity index (χ4n) is 2.98. The predicted molar refractivity (Wildman–Crippen MR) is 125 cm³/mol. The van der Waals surface area contributed by atoms with Gasteiger partial charge in [-0.2, -0.15) is 18.4 Å². The second-order valence-corrected chi connectivity index (χ2v) is 10.1. The number of sulfonamides is 1. The minimum absolute atomic E-state index is 0.0388. The number of hydrogen-bond acceptors (Lipinski definition) is 6. The van der Waals surface area contributed by atoms with Crippen LogP contribution >= 0.6 is 0 Å². The van der Waals surface area contributed by atoms with Crippen molar-refractivity contribution in [2.24, 2.45) is 11.7 Å². The molecule has 0 aliphatic heterocycles. The number of pyridine rings is 1. The minimum Gasteiger partial charge on any atom is -0.477 e. The SMILES string of the molecule is CC(C)CCOc1nc(C(F)(F)F)ccc1C=C(Cc1cc(F)c(NS(C)(=O)=O)c(C#N)c1)C(N)=O. The molecule has 36 heavy (non-hydrogen) atoms. The van der Waals surface area contributed by atoms with E-state index in [9.17, 15) is 36.0 Å². The summed E-state index contributed by atoms with van der Waals surface area (Å²) in [5, 5.41) is 9.32. The summed E-state index contributed by atoms with van der Waals surface area (Å²) < 4.78 is 84.4. The van der Waals surface area contributed by atoms with Gasteiger partial charge in [0.25, 0.3) is 0 Å². The number of hydrogen-bond donors (Lipinski definition) is 2. The van der Waals surface area contributed by atoms with Crippen LogP contribution in [0.4, 0.5) is 23.2 Å². The van der Waals surface area contributed by atoms with Gasteiger partial charge >= 0.3 is 6.18 Å². The van der Waals surface area contributed by atoms with Gasteiger partial charge in [-0.05, 0) is 48.2 Å². The van der Waals surface area contributed by atoms with Gasteiger partial charge in [0.1, 0.15) is 23.3 Å². The molecule has 1 aromatic carbocycles. The number of nitriles is 1. The van der Waals surface area contributed by atoms with E-state index in [-0.39, 0.29) is 47.1 Å². The van der Waals surface area contributed by atoms with E-state index in [1.165, 1.54) is 12.1 Å². The summed E-state index contributed by atoms with van der Waals surface area (Å²) in [6.07, 6.45) is -2.54. The highest BCUT2D eigenvalue weighted by Gasteiger charge is 2.33. The molecule has 194 valence electrons. The Morgan fingerprint density at radius 1 is 1.31 bits per heavy atom. The highest BCUT2D eigenvalue weighted by Crippen LogP contribution is 2.32. The van der Waals surface area contributed by atoms with E-state index in [4.69, 9.17) is 10.5 Å². The van der Waals surface area contributed by atoms with Crippen molar-refractivity contribution in [3.8, 4) is 11.9 Å². The van der Waals surface area contributed by atoms with Gasteiger partial charge in [0.15, 0.2) is 0 Å². The van der Waals surface area contributed by atoms with E-state index in [0.29, 0.717) is 6.42 Å². The van der Waals surface area contributed by atoms with Crippen molar-refractivity contribution in [3.63, 3.8) is 0 Å². The van der Waals surface area contributed by atoms with E-state index >= 15 is 0 Å². The molecule has 0 spiro atoms. The molecule has 8 nitrogen and oxygen atoms in total. The van der Waals surface area contributed by atoms with E-state index in [2.05, 4.69) is 4.98 Å². The van der Waals surface area contributed by atoms with Gasteiger partial charge in [-0.25, -0.2) is 17.8 Å². The van der Waals surface area contributed by atoms with Gasteiger partial charge in [-0.15, -0.1) is 0 Å². The Labute approximate surface area is 205 Å². The van der Waals surface area contributed by atoms with Crippen molar-refractivity contribution in [2.45, 2.75) is 32.9 Å². The molecule has 2 rings (SSSR count). The first-order valence-electron chi connectivity index (χ1n) is 10.5. The quantitative estimate of drug-likeness (QED) is 0.353. The van der Waals surface area contributed by atoms with Crippen molar-refractivity contribution in [1.29, 1.82) is 5.26 Å². The average Bonchev–Trinajstić information content (AvgIpc) is 2.73. The molecule has 0 saturated carbocycles. The Morgan fingerprint density at radius 3 is 2.50 bits per heavy atom. The van der Waals surface area contributed by atoms with Crippen LogP contribution in [0.2, 0.25) is 0 Å². The number of aromatic nitrogens is 1. The number of primary amides is 1. The largest absolute Gasteiger partial charge is 0.477 e. The fourth-order valence-corrected chi connectivity index (χ4v) is 3.56. The molecule has 0 aliphatic carbocycles. The lowest BCUT2D eigenvalue weighted by Gasteiger charge is -2.14. The number of halogens is 4. The summed E-state index contributed by atoms with van der Waals surface area (Å²) in [7, 11) is -3.88. The molecule has 0 unspecified atom stereocenters. The second kappa shape index (κ2) is 11.4. The smallest absolute Gasteiger partial charge is 0.433 e. The molecule has 13 heteroatoms. The van der Waals surface area contributed by atoms with Crippen LogP contribution in [0.25, 0.3) is 6.08 Å². The fraction of sp³-hybridized carbons (Fsp3) is 0.348. The summed E-state index contributed by atoms with van der Waals surface area (Å²) in [6, 6.07) is 5.55. The van der Waals surface area contributed by atoms with Crippen LogP contribution in [0.15, 0.2) is 29.8 Å². The molecule has 0 radical (unpaired) electrons. The van der Waals surface area contributed by atoms with Crippen LogP contribution in [-0.4, -0.2) is 32.2 Å². The number of nitrogens with zero attached hydrogens (tertiary/aromatic N) is 2. The Kier molecular flexibility index (Phi) is 9.04. The molecule has 1 amide bonds. The molecule has 1 aromatic heterocycles. The first kappa shape index (κ1) is 28.6. The number of carbonyl (C=O) groups excluding carboxylic acids is 1. The van der Waals surface area contributed by atoms with Crippen LogP contribution in [-0.2, 0) is 27.4 Å². The number of amides is 1. The van der Waals surface area contributed by atoms with Gasteiger partial charge in [0.05, 0.1) is 18.4 Å². The molecular weight excluding hydrogens is 504 g/mol. The lowest BCUT2D eigenvalue weighted by atomic mass is 9.99. The lowest BCUT2D eigenvalue weighted by Crippen LogP contribution is -2.17. The van der Waals surface area contributed by atoms with Gasteiger partial charge < -0.3 is 10.5 Å². The van der Waals surface area contributed by atoms with Gasteiger partial charge in [-0.1, -0.05) is 13.8 Å². The second-order valence-electron chi connectivity index (χ2n) is 8.32. The summed E-state index contributed by atoms with van der Waals surface area (Å²) in [5.41, 5.74) is 3.35. The summed E-state index contributed by atoms with van der Waals surface area (Å²) in [4.78, 5) is 15.6. The number of nitrogens with one attached hydrogen (secondary N) is 1. The third-order valence-corrected chi connectivity index (χ3v) is 5.29. The van der Waals surface area contributed by atoms with E-state index in [1.54, 1.807) is 6.07 Å². The zero-order valence-corrected chi connectivity index (χ0v) is 20.4. The molecule has 3 N–H and O–H groups in total. The molecule has 2 aromatic rings. The third kappa shape index (κ3) is 8.23. The molecule has 0 aliphatic rings. The molecule has 0 atom stereocenters. The van der Waals surface area contributed by atoms with Crippen LogP contribution in [0.5, 0.6) is 5.88 Å². The van der Waals surface area contributed by atoms with Crippen LogP contribution in [0.1, 0.15) is 42.7 Å². The van der Waals surface area contributed by atoms with Crippen LogP contribution in [0.3, 0.4) is 0 Å². The van der Waals surface area contributed by atoms with Crippen molar-refractivity contribution in [3.05, 3.63) is 58.0 Å². The maximum atomic E-state index is 14.6. The Bertz CT molecular complexity index is 1320. The number of benzene rings is 1. The van der Waals surface area contributed by atoms with Crippen LogP contribution in [0, 0.1) is 23.1 Å². The van der Waals surface area contributed by atoms with Crippen molar-refractivity contribution in [1.82, 2.24) is 4.98 Å². The standard InChI is InChI=1S/C23H24F4N4O4S/c1-13(2)6-7-35-22-15(4-5-19(30-22)23(25,26)27)11-16(21(29)32)8-14-9-17(12-28)20(18(24)10-14)31-36(3,33)34/h4-5,9-11,13,31H,6-8H2,1-3H3,(H2,29,32). The number of carbonyl (C=O) groups is 1. The minimum atomic E-state index is -4.72. The third-order valence-electron chi connectivity index (χ3n) is 4.71. The maximum absolute atomic E-state index is 14.6. The monoisotopic (exact) mass is 528 g/mol. The van der Waals surface area contributed by atoms with E-state index in [1.807, 2.05) is 18.6 Å². The summed E-state index contributed by atoms with van der Waals surface area (Å²) in [6.45, 7) is 3.88. The van der Waals surface area contributed by atoms with Crippen molar-refractivity contribution < 1.29 is 35.5 Å². The number of alkyl halides is 3. The first-order chi connectivity index (χ1) is 16.6. The molecule has 0 bridgehead atoms. The Hall–Kier alpha value is -3.66. The molecule has 0 saturated heterocycles.